The second kappa shape index (κ2) is 9.50. The molecule has 0 aliphatic carbocycles. The molecule has 21 heavy (non-hydrogen) atoms. The van der Waals surface area contributed by atoms with Gasteiger partial charge in [-0.1, -0.05) is 23.2 Å². The van der Waals surface area contributed by atoms with E-state index in [1.165, 1.54) is 6.20 Å². The Morgan fingerprint density at radius 1 is 1.43 bits per heavy atom. The van der Waals surface area contributed by atoms with Gasteiger partial charge in [-0.2, -0.15) is 0 Å². The number of rotatable bonds is 4. The molecule has 0 atom stereocenters. The van der Waals surface area contributed by atoms with Crippen LogP contribution in [0, 0.1) is 0 Å². The molecule has 0 spiro atoms. The minimum atomic E-state index is 0. The van der Waals surface area contributed by atoms with Crippen molar-refractivity contribution >= 4 is 53.1 Å². The van der Waals surface area contributed by atoms with E-state index in [0.717, 1.165) is 13.1 Å². The summed E-state index contributed by atoms with van der Waals surface area (Å²) >= 11 is 11.7. The lowest BCUT2D eigenvalue weighted by Crippen LogP contribution is -2.45. The van der Waals surface area contributed by atoms with Crippen LogP contribution in [0.25, 0.3) is 0 Å². The molecule has 2 N–H and O–H groups in total. The number of guanidine groups is 1. The number of pyridine rings is 1. The lowest BCUT2D eigenvalue weighted by atomic mass is 10.4. The number of hydrogen-bond donors (Lipinski definition) is 1. The third-order valence-corrected chi connectivity index (χ3v) is 3.19. The van der Waals surface area contributed by atoms with Gasteiger partial charge in [-0.05, 0) is 6.07 Å². The monoisotopic (exact) mass is 446 g/mol. The van der Waals surface area contributed by atoms with E-state index in [2.05, 4.69) is 9.98 Å². The Labute approximate surface area is 150 Å². The highest BCUT2D eigenvalue weighted by Crippen LogP contribution is 2.24. The first-order chi connectivity index (χ1) is 9.66. The highest BCUT2D eigenvalue weighted by Gasteiger charge is 2.11. The Morgan fingerprint density at radius 2 is 2.14 bits per heavy atom. The van der Waals surface area contributed by atoms with E-state index in [0.29, 0.717) is 48.3 Å². The van der Waals surface area contributed by atoms with E-state index in [9.17, 15) is 0 Å². The molecule has 1 saturated heterocycles. The number of ether oxygens (including phenoxy) is 2. The first kappa shape index (κ1) is 18.5. The Morgan fingerprint density at radius 3 is 2.81 bits per heavy atom. The number of nitrogens with two attached hydrogens (primary N) is 1. The molecule has 0 radical (unpaired) electrons. The van der Waals surface area contributed by atoms with Crippen LogP contribution in [0.3, 0.4) is 0 Å². The van der Waals surface area contributed by atoms with Gasteiger partial charge in [0.15, 0.2) is 5.96 Å². The Kier molecular flexibility index (Phi) is 8.38. The molecule has 6 nitrogen and oxygen atoms in total. The van der Waals surface area contributed by atoms with Crippen LogP contribution in [-0.4, -0.2) is 55.3 Å². The lowest BCUT2D eigenvalue weighted by molar-refractivity contribution is 0.0674. The molecule has 1 aromatic rings. The number of nitrogens with zero attached hydrogens (tertiary/aromatic N) is 3. The van der Waals surface area contributed by atoms with Crippen LogP contribution in [0.15, 0.2) is 17.3 Å². The molecule has 0 bridgehead atoms. The largest absolute Gasteiger partial charge is 0.475 e. The summed E-state index contributed by atoms with van der Waals surface area (Å²) in [5.41, 5.74) is 5.88. The fraction of sp³-hybridized carbons (Fsp3) is 0.500. The quantitative estimate of drug-likeness (QED) is 0.331. The van der Waals surface area contributed by atoms with Crippen LogP contribution in [0.2, 0.25) is 10.0 Å². The van der Waals surface area contributed by atoms with Crippen molar-refractivity contribution in [2.75, 3.05) is 39.5 Å². The highest BCUT2D eigenvalue weighted by molar-refractivity contribution is 14.0. The summed E-state index contributed by atoms with van der Waals surface area (Å²) in [6.07, 6.45) is 1.48. The van der Waals surface area contributed by atoms with Gasteiger partial charge in [0.1, 0.15) is 11.6 Å². The van der Waals surface area contributed by atoms with E-state index < -0.39 is 0 Å². The number of aromatic nitrogens is 1. The number of halogens is 3. The Hall–Kier alpha value is -0.510. The van der Waals surface area contributed by atoms with Crippen LogP contribution in [0.4, 0.5) is 0 Å². The van der Waals surface area contributed by atoms with Crippen LogP contribution in [0.1, 0.15) is 0 Å². The highest BCUT2D eigenvalue weighted by atomic mass is 127. The van der Waals surface area contributed by atoms with Gasteiger partial charge in [-0.25, -0.2) is 9.98 Å². The number of hydrogen-bond acceptors (Lipinski definition) is 4. The first-order valence-electron chi connectivity index (χ1n) is 6.23. The van der Waals surface area contributed by atoms with Crippen molar-refractivity contribution in [3.05, 3.63) is 22.3 Å². The summed E-state index contributed by atoms with van der Waals surface area (Å²) in [6.45, 7) is 3.67. The molecule has 1 aliphatic heterocycles. The van der Waals surface area contributed by atoms with Gasteiger partial charge in [0.25, 0.3) is 0 Å². The van der Waals surface area contributed by atoms with Crippen LogP contribution in [-0.2, 0) is 4.74 Å². The van der Waals surface area contributed by atoms with Crippen molar-refractivity contribution < 1.29 is 9.47 Å². The summed E-state index contributed by atoms with van der Waals surface area (Å²) in [5, 5.41) is 0.847. The maximum absolute atomic E-state index is 5.94. The Balaban J connectivity index is 0.00000220. The van der Waals surface area contributed by atoms with Crippen molar-refractivity contribution in [3.63, 3.8) is 0 Å². The number of aliphatic imine (C=N–C) groups is 1. The van der Waals surface area contributed by atoms with Gasteiger partial charge in [0.2, 0.25) is 5.88 Å². The van der Waals surface area contributed by atoms with Crippen molar-refractivity contribution in [1.29, 1.82) is 0 Å². The van der Waals surface area contributed by atoms with Gasteiger partial charge in [-0.15, -0.1) is 24.0 Å². The SMILES string of the molecule is I.NC(=NCCOc1ncc(Cl)cc1Cl)N1CCOCC1. The summed E-state index contributed by atoms with van der Waals surface area (Å²) in [6, 6.07) is 1.58. The molecule has 0 amide bonds. The molecule has 2 heterocycles. The second-order valence-electron chi connectivity index (χ2n) is 4.13. The van der Waals surface area contributed by atoms with Gasteiger partial charge in [-0.3, -0.25) is 0 Å². The average molecular weight is 447 g/mol. The van der Waals surface area contributed by atoms with Crippen molar-refractivity contribution in [2.24, 2.45) is 10.7 Å². The zero-order chi connectivity index (χ0) is 14.4. The van der Waals surface area contributed by atoms with Gasteiger partial charge < -0.3 is 20.1 Å². The molecule has 0 unspecified atom stereocenters. The zero-order valence-electron chi connectivity index (χ0n) is 11.3. The summed E-state index contributed by atoms with van der Waals surface area (Å²) in [7, 11) is 0. The van der Waals surface area contributed by atoms with E-state index >= 15 is 0 Å². The summed E-state index contributed by atoms with van der Waals surface area (Å²) in [5.74, 6) is 0.850. The Bertz CT molecular complexity index is 484. The normalized spacial score (nSPS) is 15.5. The molecular formula is C12H17Cl2IN4O2. The molecule has 2 rings (SSSR count). The molecule has 0 aromatic carbocycles. The van der Waals surface area contributed by atoms with Crippen LogP contribution >= 0.6 is 47.2 Å². The topological polar surface area (TPSA) is 73.0 Å². The molecule has 1 aromatic heterocycles. The van der Waals surface area contributed by atoms with Crippen molar-refractivity contribution in [2.45, 2.75) is 0 Å². The van der Waals surface area contributed by atoms with E-state index in [4.69, 9.17) is 38.4 Å². The molecule has 118 valence electrons. The second-order valence-corrected chi connectivity index (χ2v) is 4.97. The minimum Gasteiger partial charge on any atom is -0.475 e. The maximum Gasteiger partial charge on any atom is 0.232 e. The van der Waals surface area contributed by atoms with Gasteiger partial charge >= 0.3 is 0 Å². The van der Waals surface area contributed by atoms with Crippen LogP contribution in [0.5, 0.6) is 5.88 Å². The predicted octanol–water partition coefficient (Wildman–Crippen LogP) is 2.03. The summed E-state index contributed by atoms with van der Waals surface area (Å²) < 4.78 is 10.7. The van der Waals surface area contributed by atoms with Crippen molar-refractivity contribution in [1.82, 2.24) is 9.88 Å². The molecule has 0 saturated carbocycles. The van der Waals surface area contributed by atoms with Gasteiger partial charge in [0, 0.05) is 19.3 Å². The number of morpholine rings is 1. The lowest BCUT2D eigenvalue weighted by Gasteiger charge is -2.27. The molecule has 9 heteroatoms. The molecular weight excluding hydrogens is 430 g/mol. The van der Waals surface area contributed by atoms with Gasteiger partial charge in [0.05, 0.1) is 24.8 Å². The first-order valence-corrected chi connectivity index (χ1v) is 6.99. The van der Waals surface area contributed by atoms with Crippen LogP contribution < -0.4 is 10.5 Å². The van der Waals surface area contributed by atoms with E-state index in [1.54, 1.807) is 6.07 Å². The maximum atomic E-state index is 5.94. The summed E-state index contributed by atoms with van der Waals surface area (Å²) in [4.78, 5) is 10.2. The fourth-order valence-corrected chi connectivity index (χ4v) is 2.14. The minimum absolute atomic E-state index is 0. The molecule has 1 fully saturated rings. The van der Waals surface area contributed by atoms with E-state index in [-0.39, 0.29) is 24.0 Å². The zero-order valence-corrected chi connectivity index (χ0v) is 15.1. The predicted molar refractivity (Wildman–Crippen MR) is 94.0 cm³/mol. The van der Waals surface area contributed by atoms with E-state index in [1.807, 2.05) is 4.90 Å². The molecule has 1 aliphatic rings. The third-order valence-electron chi connectivity index (χ3n) is 2.71. The smallest absolute Gasteiger partial charge is 0.232 e. The average Bonchev–Trinajstić information content (AvgIpc) is 2.46. The fourth-order valence-electron chi connectivity index (χ4n) is 1.70. The van der Waals surface area contributed by atoms with Crippen molar-refractivity contribution in [3.8, 4) is 5.88 Å². The standard InChI is InChI=1S/C12H16Cl2N4O2.HI/c13-9-7-10(14)11(17-8-9)20-4-1-16-12(15)18-2-5-19-6-3-18;/h7-8H,1-6H2,(H2,15,16);1H. The third kappa shape index (κ3) is 6.01.